The number of aromatic nitrogens is 4. The smallest absolute Gasteiger partial charge is 0.342 e. The fourth-order valence-corrected chi connectivity index (χ4v) is 1.66. The molecule has 0 saturated heterocycles. The molecule has 2 rings (SSSR count). The molecule has 0 spiro atoms. The summed E-state index contributed by atoms with van der Waals surface area (Å²) in [7, 11) is 0. The van der Waals surface area contributed by atoms with Crippen LogP contribution in [0.15, 0.2) is 24.3 Å². The molecule has 1 aromatic heterocycles. The summed E-state index contributed by atoms with van der Waals surface area (Å²) in [6.07, 6.45) is 1.97. The zero-order chi connectivity index (χ0) is 14.4. The van der Waals surface area contributed by atoms with E-state index in [-0.39, 0.29) is 17.9 Å². The molecule has 7 heteroatoms. The van der Waals surface area contributed by atoms with Gasteiger partial charge in [-0.2, -0.15) is 0 Å². The number of unbranched alkanes of at least 4 members (excludes halogenated alkanes) is 1. The molecule has 1 heterocycles. The second kappa shape index (κ2) is 6.65. The summed E-state index contributed by atoms with van der Waals surface area (Å²) in [5.41, 5.74) is 0.125. The number of carbonyl (C=O) groups is 1. The number of aromatic hydroxyl groups is 1. The Kier molecular flexibility index (Phi) is 4.65. The number of tetrazole rings is 1. The van der Waals surface area contributed by atoms with E-state index in [1.807, 2.05) is 0 Å². The molecule has 106 valence electrons. The number of rotatable bonds is 6. The van der Waals surface area contributed by atoms with Gasteiger partial charge in [0.25, 0.3) is 0 Å². The Morgan fingerprint density at radius 3 is 2.95 bits per heavy atom. The van der Waals surface area contributed by atoms with Crippen molar-refractivity contribution < 1.29 is 14.6 Å². The maximum Gasteiger partial charge on any atom is 0.342 e. The average Bonchev–Trinajstić information content (AvgIpc) is 2.90. The van der Waals surface area contributed by atoms with Crippen molar-refractivity contribution in [1.82, 2.24) is 20.2 Å². The van der Waals surface area contributed by atoms with Crippen molar-refractivity contribution in [3.63, 3.8) is 0 Å². The van der Waals surface area contributed by atoms with Crippen molar-refractivity contribution in [2.75, 3.05) is 0 Å². The standard InChI is InChI=1S/C13H16N4O3/c1-2-3-8-17-12(14-15-16-17)9-20-13(19)10-6-4-5-7-11(10)18/h4-7,18H,2-3,8-9H2,1H3. The molecule has 0 aliphatic heterocycles. The molecule has 1 aromatic carbocycles. The van der Waals surface area contributed by atoms with E-state index in [4.69, 9.17) is 4.74 Å². The van der Waals surface area contributed by atoms with Crippen LogP contribution in [0.4, 0.5) is 0 Å². The summed E-state index contributed by atoms with van der Waals surface area (Å²) in [4.78, 5) is 11.8. The number of nitrogens with zero attached hydrogens (tertiary/aromatic N) is 4. The Hall–Kier alpha value is -2.44. The molecular weight excluding hydrogens is 260 g/mol. The van der Waals surface area contributed by atoms with Crippen molar-refractivity contribution in [2.24, 2.45) is 0 Å². The highest BCUT2D eigenvalue weighted by Gasteiger charge is 2.14. The van der Waals surface area contributed by atoms with Gasteiger partial charge in [0.15, 0.2) is 12.4 Å². The van der Waals surface area contributed by atoms with Crippen LogP contribution in [-0.2, 0) is 17.9 Å². The summed E-state index contributed by atoms with van der Waals surface area (Å²) >= 11 is 0. The molecule has 1 N–H and O–H groups in total. The van der Waals surface area contributed by atoms with Gasteiger partial charge in [0.1, 0.15) is 11.3 Å². The van der Waals surface area contributed by atoms with Gasteiger partial charge in [-0.25, -0.2) is 9.48 Å². The summed E-state index contributed by atoms with van der Waals surface area (Å²) in [6, 6.07) is 6.22. The lowest BCUT2D eigenvalue weighted by Crippen LogP contribution is -2.11. The Labute approximate surface area is 116 Å². The Bertz CT molecular complexity index is 583. The van der Waals surface area contributed by atoms with E-state index in [9.17, 15) is 9.90 Å². The van der Waals surface area contributed by atoms with Crippen LogP contribution in [-0.4, -0.2) is 31.3 Å². The van der Waals surface area contributed by atoms with E-state index < -0.39 is 5.97 Å². The Balaban J connectivity index is 1.97. The number of phenols is 1. The monoisotopic (exact) mass is 276 g/mol. The third-order valence-electron chi connectivity index (χ3n) is 2.79. The zero-order valence-electron chi connectivity index (χ0n) is 11.2. The first kappa shape index (κ1) is 14.0. The van der Waals surface area contributed by atoms with Crippen LogP contribution in [0.1, 0.15) is 35.9 Å². The predicted octanol–water partition coefficient (Wildman–Crippen LogP) is 1.54. The molecule has 0 bridgehead atoms. The molecule has 0 saturated carbocycles. The van der Waals surface area contributed by atoms with Gasteiger partial charge < -0.3 is 9.84 Å². The number of carbonyl (C=O) groups excluding carboxylic acids is 1. The quantitative estimate of drug-likeness (QED) is 0.805. The van der Waals surface area contributed by atoms with Crippen molar-refractivity contribution >= 4 is 5.97 Å². The fourth-order valence-electron chi connectivity index (χ4n) is 1.66. The Morgan fingerprint density at radius 2 is 2.20 bits per heavy atom. The second-order valence-corrected chi connectivity index (χ2v) is 4.27. The van der Waals surface area contributed by atoms with Crippen LogP contribution in [0, 0.1) is 0 Å². The summed E-state index contributed by atoms with van der Waals surface area (Å²) in [5.74, 6) is -0.224. The van der Waals surface area contributed by atoms with E-state index in [0.29, 0.717) is 12.4 Å². The van der Waals surface area contributed by atoms with Gasteiger partial charge in [-0.3, -0.25) is 0 Å². The van der Waals surface area contributed by atoms with Gasteiger partial charge in [-0.15, -0.1) is 5.10 Å². The van der Waals surface area contributed by atoms with Gasteiger partial charge in [0.2, 0.25) is 0 Å². The van der Waals surface area contributed by atoms with Crippen LogP contribution in [0.25, 0.3) is 0 Å². The van der Waals surface area contributed by atoms with Gasteiger partial charge in [0.05, 0.1) is 0 Å². The summed E-state index contributed by atoms with van der Waals surface area (Å²) in [6.45, 7) is 2.74. The molecule has 0 aliphatic carbocycles. The molecular formula is C13H16N4O3. The number of para-hydroxylation sites is 1. The van der Waals surface area contributed by atoms with Gasteiger partial charge in [0, 0.05) is 6.54 Å². The van der Waals surface area contributed by atoms with Crippen LogP contribution >= 0.6 is 0 Å². The first-order valence-electron chi connectivity index (χ1n) is 6.42. The molecule has 0 amide bonds. The van der Waals surface area contributed by atoms with E-state index in [1.165, 1.54) is 12.1 Å². The maximum atomic E-state index is 11.8. The third-order valence-corrected chi connectivity index (χ3v) is 2.79. The molecule has 2 aromatic rings. The first-order chi connectivity index (χ1) is 9.72. The minimum Gasteiger partial charge on any atom is -0.507 e. The van der Waals surface area contributed by atoms with E-state index >= 15 is 0 Å². The van der Waals surface area contributed by atoms with Crippen molar-refractivity contribution in [3.8, 4) is 5.75 Å². The van der Waals surface area contributed by atoms with Crippen LogP contribution < -0.4 is 0 Å². The topological polar surface area (TPSA) is 90.1 Å². The normalized spacial score (nSPS) is 10.4. The highest BCUT2D eigenvalue weighted by atomic mass is 16.5. The molecule has 0 fully saturated rings. The molecule has 0 aliphatic rings. The zero-order valence-corrected chi connectivity index (χ0v) is 11.2. The summed E-state index contributed by atoms with van der Waals surface area (Å²) < 4.78 is 6.72. The van der Waals surface area contributed by atoms with Gasteiger partial charge >= 0.3 is 5.97 Å². The predicted molar refractivity (Wildman–Crippen MR) is 70.0 cm³/mol. The second-order valence-electron chi connectivity index (χ2n) is 4.27. The number of hydrogen-bond donors (Lipinski definition) is 1. The highest BCUT2D eigenvalue weighted by molar-refractivity contribution is 5.92. The van der Waals surface area contributed by atoms with Crippen LogP contribution in [0.5, 0.6) is 5.75 Å². The number of benzene rings is 1. The molecule has 0 radical (unpaired) electrons. The molecule has 0 atom stereocenters. The number of ether oxygens (including phenoxy) is 1. The maximum absolute atomic E-state index is 11.8. The van der Waals surface area contributed by atoms with Gasteiger partial charge in [-0.1, -0.05) is 25.5 Å². The largest absolute Gasteiger partial charge is 0.507 e. The minimum atomic E-state index is -0.604. The molecule has 20 heavy (non-hydrogen) atoms. The number of hydrogen-bond acceptors (Lipinski definition) is 6. The lowest BCUT2D eigenvalue weighted by Gasteiger charge is -2.06. The van der Waals surface area contributed by atoms with Crippen molar-refractivity contribution in [3.05, 3.63) is 35.7 Å². The fraction of sp³-hybridized carbons (Fsp3) is 0.385. The molecule has 0 unspecified atom stereocenters. The van der Waals surface area contributed by atoms with E-state index in [1.54, 1.807) is 16.8 Å². The SMILES string of the molecule is CCCCn1nnnc1COC(=O)c1ccccc1O. The highest BCUT2D eigenvalue weighted by Crippen LogP contribution is 2.17. The molecule has 7 nitrogen and oxygen atoms in total. The third kappa shape index (κ3) is 3.31. The lowest BCUT2D eigenvalue weighted by atomic mass is 10.2. The average molecular weight is 276 g/mol. The van der Waals surface area contributed by atoms with Crippen molar-refractivity contribution in [2.45, 2.75) is 32.9 Å². The van der Waals surface area contributed by atoms with Crippen LogP contribution in [0.2, 0.25) is 0 Å². The number of aryl methyl sites for hydroxylation is 1. The minimum absolute atomic E-state index is 0.0239. The Morgan fingerprint density at radius 1 is 1.40 bits per heavy atom. The van der Waals surface area contributed by atoms with Crippen molar-refractivity contribution in [1.29, 1.82) is 0 Å². The van der Waals surface area contributed by atoms with Crippen LogP contribution in [0.3, 0.4) is 0 Å². The number of esters is 1. The van der Waals surface area contributed by atoms with E-state index in [0.717, 1.165) is 12.8 Å². The lowest BCUT2D eigenvalue weighted by molar-refractivity contribution is 0.0453. The van der Waals surface area contributed by atoms with Gasteiger partial charge in [-0.05, 0) is 29.0 Å². The first-order valence-corrected chi connectivity index (χ1v) is 6.42. The summed E-state index contributed by atoms with van der Waals surface area (Å²) in [5, 5.41) is 20.8. The van der Waals surface area contributed by atoms with E-state index in [2.05, 4.69) is 22.4 Å². The number of phenolic OH excluding ortho intramolecular Hbond substituents is 1.